The maximum atomic E-state index is 10.0. The Morgan fingerprint density at radius 2 is 1.82 bits per heavy atom. The Morgan fingerprint density at radius 1 is 1.06 bits per heavy atom. The van der Waals surface area contributed by atoms with Crippen LogP contribution in [0, 0.1) is 5.92 Å². The minimum atomic E-state index is -0.870. The lowest BCUT2D eigenvalue weighted by molar-refractivity contribution is 0.0577. The van der Waals surface area contributed by atoms with Crippen molar-refractivity contribution in [2.75, 3.05) is 5.73 Å². The lowest BCUT2D eigenvalue weighted by Crippen LogP contribution is -2.28. The van der Waals surface area contributed by atoms with Gasteiger partial charge < -0.3 is 15.4 Å². The molecular formula is C23H26N8O2. The molecule has 0 radical (unpaired) electrons. The molecule has 1 saturated carbocycles. The molecule has 4 heterocycles. The standard InChI is InChI=1S/C23H26N8O2/c1-22(2,32)13-31-12-15(10-28-31)19-29-20(30-33-19)23(3,16-4-5-16)17-6-7-18(25-11-17)14-8-26-21(24)27-9-14/h6-12,16,32H,4-5,13H2,1-3H3,(H2,24,26,27)/t23-/m0/s1. The fourth-order valence-corrected chi connectivity index (χ4v) is 4.06. The van der Waals surface area contributed by atoms with Crippen LogP contribution in [-0.4, -0.2) is 45.6 Å². The monoisotopic (exact) mass is 446 g/mol. The van der Waals surface area contributed by atoms with Crippen LogP contribution in [0.3, 0.4) is 0 Å². The molecule has 4 aromatic heterocycles. The van der Waals surface area contributed by atoms with Gasteiger partial charge in [-0.2, -0.15) is 10.1 Å². The lowest BCUT2D eigenvalue weighted by Gasteiger charge is -2.26. The SMILES string of the molecule is CC(C)(O)Cn1cc(-c2nc([C@](C)(c3ccc(-c4cnc(N)nc4)nc3)C3CC3)no2)cn1. The topological polar surface area (TPSA) is 142 Å². The van der Waals surface area contributed by atoms with Crippen LogP contribution < -0.4 is 5.73 Å². The third-order valence-electron chi connectivity index (χ3n) is 6.04. The fourth-order valence-electron chi connectivity index (χ4n) is 4.06. The highest BCUT2D eigenvalue weighted by Gasteiger charge is 2.47. The summed E-state index contributed by atoms with van der Waals surface area (Å²) in [7, 11) is 0. The molecular weight excluding hydrogens is 420 g/mol. The Morgan fingerprint density at radius 3 is 2.45 bits per heavy atom. The summed E-state index contributed by atoms with van der Waals surface area (Å²) in [6.07, 6.45) is 10.8. The molecule has 3 N–H and O–H groups in total. The summed E-state index contributed by atoms with van der Waals surface area (Å²) in [5, 5.41) is 18.7. The number of hydrogen-bond donors (Lipinski definition) is 2. The van der Waals surface area contributed by atoms with Crippen LogP contribution in [0.4, 0.5) is 5.95 Å². The van der Waals surface area contributed by atoms with Gasteiger partial charge in [0.15, 0.2) is 5.82 Å². The molecule has 1 atom stereocenters. The van der Waals surface area contributed by atoms with E-state index >= 15 is 0 Å². The predicted molar refractivity (Wildman–Crippen MR) is 121 cm³/mol. The zero-order valence-corrected chi connectivity index (χ0v) is 18.8. The van der Waals surface area contributed by atoms with Crippen LogP contribution in [0.2, 0.25) is 0 Å². The Balaban J connectivity index is 1.43. The molecule has 0 unspecified atom stereocenters. The Bertz CT molecular complexity index is 1250. The van der Waals surface area contributed by atoms with Crippen LogP contribution >= 0.6 is 0 Å². The van der Waals surface area contributed by atoms with Crippen molar-refractivity contribution < 1.29 is 9.63 Å². The van der Waals surface area contributed by atoms with E-state index in [4.69, 9.17) is 15.2 Å². The molecule has 10 nitrogen and oxygen atoms in total. The van der Waals surface area contributed by atoms with Crippen molar-refractivity contribution >= 4 is 5.95 Å². The third kappa shape index (κ3) is 4.21. The van der Waals surface area contributed by atoms with E-state index in [0.717, 1.165) is 29.7 Å². The average Bonchev–Trinajstić information content (AvgIpc) is 3.35. The van der Waals surface area contributed by atoms with Gasteiger partial charge in [0.2, 0.25) is 5.95 Å². The second-order valence-corrected chi connectivity index (χ2v) is 9.40. The number of nitrogens with two attached hydrogens (primary N) is 1. The summed E-state index contributed by atoms with van der Waals surface area (Å²) in [5.74, 6) is 1.67. The number of nitrogen functional groups attached to an aromatic ring is 1. The molecule has 10 heteroatoms. The van der Waals surface area contributed by atoms with Gasteiger partial charge in [-0.25, -0.2) is 9.97 Å². The molecule has 0 saturated heterocycles. The van der Waals surface area contributed by atoms with E-state index < -0.39 is 11.0 Å². The molecule has 0 spiro atoms. The van der Waals surface area contributed by atoms with Crippen molar-refractivity contribution in [2.24, 2.45) is 5.92 Å². The minimum absolute atomic E-state index is 0.232. The Kier molecular flexibility index (Phi) is 4.97. The van der Waals surface area contributed by atoms with Gasteiger partial charge in [0.25, 0.3) is 5.89 Å². The maximum absolute atomic E-state index is 10.0. The molecule has 170 valence electrons. The molecule has 0 aromatic carbocycles. The smallest absolute Gasteiger partial charge is 0.261 e. The van der Waals surface area contributed by atoms with E-state index in [9.17, 15) is 5.11 Å². The summed E-state index contributed by atoms with van der Waals surface area (Å²) in [4.78, 5) is 17.5. The molecule has 1 aliphatic carbocycles. The van der Waals surface area contributed by atoms with E-state index in [-0.39, 0.29) is 5.95 Å². The van der Waals surface area contributed by atoms with Crippen LogP contribution in [0.25, 0.3) is 22.7 Å². The summed E-state index contributed by atoms with van der Waals surface area (Å²) in [6, 6.07) is 4.00. The van der Waals surface area contributed by atoms with E-state index in [2.05, 4.69) is 38.2 Å². The zero-order chi connectivity index (χ0) is 23.2. The molecule has 4 aromatic rings. The number of pyridine rings is 1. The number of hydrogen-bond acceptors (Lipinski definition) is 9. The summed E-state index contributed by atoms with van der Waals surface area (Å²) >= 11 is 0. The summed E-state index contributed by atoms with van der Waals surface area (Å²) in [5.41, 5.74) is 7.60. The molecule has 0 amide bonds. The molecule has 0 aliphatic heterocycles. The molecule has 5 rings (SSSR count). The van der Waals surface area contributed by atoms with Crippen molar-refractivity contribution in [1.82, 2.24) is 34.9 Å². The first-order chi connectivity index (χ1) is 15.7. The van der Waals surface area contributed by atoms with E-state index in [1.165, 1.54) is 0 Å². The molecule has 0 bridgehead atoms. The highest BCUT2D eigenvalue weighted by molar-refractivity contribution is 5.58. The molecule has 33 heavy (non-hydrogen) atoms. The normalized spacial score (nSPS) is 16.0. The predicted octanol–water partition coefficient (Wildman–Crippen LogP) is 2.85. The number of aromatic nitrogens is 7. The van der Waals surface area contributed by atoms with Gasteiger partial charge in [-0.3, -0.25) is 9.67 Å². The first kappa shape index (κ1) is 21.2. The average molecular weight is 447 g/mol. The van der Waals surface area contributed by atoms with Crippen LogP contribution in [0.1, 0.15) is 45.0 Å². The number of nitrogens with zero attached hydrogens (tertiary/aromatic N) is 7. The highest BCUT2D eigenvalue weighted by atomic mass is 16.5. The summed E-state index contributed by atoms with van der Waals surface area (Å²) in [6.45, 7) is 5.98. The first-order valence-corrected chi connectivity index (χ1v) is 10.9. The second kappa shape index (κ2) is 7.73. The first-order valence-electron chi connectivity index (χ1n) is 10.9. The fraction of sp³-hybridized carbons (Fsp3) is 0.391. The maximum Gasteiger partial charge on any atom is 0.261 e. The van der Waals surface area contributed by atoms with Gasteiger partial charge >= 0.3 is 0 Å². The Hall–Kier alpha value is -3.66. The highest BCUT2D eigenvalue weighted by Crippen LogP contribution is 2.50. The van der Waals surface area contributed by atoms with Crippen molar-refractivity contribution in [1.29, 1.82) is 0 Å². The van der Waals surface area contributed by atoms with Gasteiger partial charge in [-0.1, -0.05) is 11.2 Å². The number of rotatable bonds is 7. The third-order valence-corrected chi connectivity index (χ3v) is 6.04. The van der Waals surface area contributed by atoms with Gasteiger partial charge in [0.1, 0.15) is 0 Å². The van der Waals surface area contributed by atoms with Crippen molar-refractivity contribution in [3.8, 4) is 22.7 Å². The van der Waals surface area contributed by atoms with Gasteiger partial charge in [-0.05, 0) is 51.2 Å². The second-order valence-electron chi connectivity index (χ2n) is 9.40. The van der Waals surface area contributed by atoms with E-state index in [0.29, 0.717) is 29.7 Å². The van der Waals surface area contributed by atoms with Crippen LogP contribution in [0.15, 0.2) is 47.6 Å². The van der Waals surface area contributed by atoms with Crippen LogP contribution in [-0.2, 0) is 12.0 Å². The van der Waals surface area contributed by atoms with Gasteiger partial charge in [0, 0.05) is 30.4 Å². The van der Waals surface area contributed by atoms with Crippen LogP contribution in [0.5, 0.6) is 0 Å². The van der Waals surface area contributed by atoms with E-state index in [1.54, 1.807) is 43.3 Å². The largest absolute Gasteiger partial charge is 0.389 e. The van der Waals surface area contributed by atoms with Gasteiger partial charge in [0.05, 0.1) is 35.0 Å². The summed E-state index contributed by atoms with van der Waals surface area (Å²) < 4.78 is 7.29. The Labute approximate surface area is 190 Å². The lowest BCUT2D eigenvalue weighted by atomic mass is 9.77. The zero-order valence-electron chi connectivity index (χ0n) is 18.8. The molecule has 1 fully saturated rings. The van der Waals surface area contributed by atoms with E-state index in [1.807, 2.05) is 12.3 Å². The van der Waals surface area contributed by atoms with Crippen molar-refractivity contribution in [3.05, 3.63) is 54.5 Å². The quantitative estimate of drug-likeness (QED) is 0.438. The molecule has 1 aliphatic rings. The number of anilines is 1. The van der Waals surface area contributed by atoms with Crippen molar-refractivity contribution in [3.63, 3.8) is 0 Å². The minimum Gasteiger partial charge on any atom is -0.389 e. The number of aliphatic hydroxyl groups is 1. The van der Waals surface area contributed by atoms with Crippen molar-refractivity contribution in [2.45, 2.75) is 51.2 Å². The van der Waals surface area contributed by atoms with Gasteiger partial charge in [-0.15, -0.1) is 0 Å².